The molecule has 0 aromatic carbocycles. The molecule has 2 N–H and O–H groups in total. The SMILES string of the molecule is CCOC(=O)C1=C(C)C(c2cccnc2)NC(=O)N1. The first-order valence-corrected chi connectivity index (χ1v) is 5.98. The van der Waals surface area contributed by atoms with E-state index < -0.39 is 12.0 Å². The van der Waals surface area contributed by atoms with Crippen molar-refractivity contribution < 1.29 is 14.3 Å². The molecule has 2 rings (SSSR count). The average Bonchev–Trinajstić information content (AvgIpc) is 2.42. The predicted molar refractivity (Wildman–Crippen MR) is 68.0 cm³/mol. The summed E-state index contributed by atoms with van der Waals surface area (Å²) >= 11 is 0. The summed E-state index contributed by atoms with van der Waals surface area (Å²) in [7, 11) is 0. The van der Waals surface area contributed by atoms with Gasteiger partial charge in [-0.2, -0.15) is 0 Å². The summed E-state index contributed by atoms with van der Waals surface area (Å²) in [6.45, 7) is 3.75. The number of nitrogens with one attached hydrogen (secondary N) is 2. The second-order valence-corrected chi connectivity index (χ2v) is 4.10. The number of nitrogens with zero attached hydrogens (tertiary/aromatic N) is 1. The van der Waals surface area contributed by atoms with Gasteiger partial charge in [0.25, 0.3) is 0 Å². The fourth-order valence-corrected chi connectivity index (χ4v) is 1.93. The molecule has 19 heavy (non-hydrogen) atoms. The van der Waals surface area contributed by atoms with Crippen molar-refractivity contribution in [1.29, 1.82) is 0 Å². The number of carbonyl (C=O) groups is 2. The summed E-state index contributed by atoms with van der Waals surface area (Å²) in [6, 6.07) is 2.82. The molecular formula is C13H15N3O3. The van der Waals surface area contributed by atoms with E-state index in [4.69, 9.17) is 4.74 Å². The van der Waals surface area contributed by atoms with Crippen LogP contribution in [0.2, 0.25) is 0 Å². The van der Waals surface area contributed by atoms with Crippen LogP contribution in [0.25, 0.3) is 0 Å². The normalized spacial score (nSPS) is 18.6. The maximum Gasteiger partial charge on any atom is 0.354 e. The molecule has 0 fully saturated rings. The zero-order chi connectivity index (χ0) is 13.8. The highest BCUT2D eigenvalue weighted by atomic mass is 16.5. The molecule has 0 saturated carbocycles. The Bertz CT molecular complexity index is 525. The Hall–Kier alpha value is -2.37. The van der Waals surface area contributed by atoms with E-state index in [-0.39, 0.29) is 18.3 Å². The van der Waals surface area contributed by atoms with Crippen LogP contribution in [0, 0.1) is 0 Å². The van der Waals surface area contributed by atoms with E-state index in [2.05, 4.69) is 15.6 Å². The van der Waals surface area contributed by atoms with E-state index in [9.17, 15) is 9.59 Å². The van der Waals surface area contributed by atoms with Crippen LogP contribution in [0.4, 0.5) is 4.79 Å². The van der Waals surface area contributed by atoms with Crippen LogP contribution in [-0.2, 0) is 9.53 Å². The fraction of sp³-hybridized carbons (Fsp3) is 0.308. The largest absolute Gasteiger partial charge is 0.461 e. The van der Waals surface area contributed by atoms with Gasteiger partial charge in [-0.15, -0.1) is 0 Å². The predicted octanol–water partition coefficient (Wildman–Crippen LogP) is 1.27. The highest BCUT2D eigenvalue weighted by Crippen LogP contribution is 2.25. The third kappa shape index (κ3) is 2.73. The number of hydrogen-bond donors (Lipinski definition) is 2. The van der Waals surface area contributed by atoms with Gasteiger partial charge in [0.05, 0.1) is 12.6 Å². The second kappa shape index (κ2) is 5.51. The number of urea groups is 1. The number of aromatic nitrogens is 1. The topological polar surface area (TPSA) is 80.3 Å². The van der Waals surface area contributed by atoms with Gasteiger partial charge in [-0.05, 0) is 31.1 Å². The molecule has 1 aliphatic rings. The van der Waals surface area contributed by atoms with Crippen LogP contribution in [0.5, 0.6) is 0 Å². The van der Waals surface area contributed by atoms with Gasteiger partial charge >= 0.3 is 12.0 Å². The van der Waals surface area contributed by atoms with Crippen molar-refractivity contribution in [1.82, 2.24) is 15.6 Å². The Morgan fingerprint density at radius 1 is 1.53 bits per heavy atom. The molecule has 0 aliphatic carbocycles. The number of ether oxygens (including phenoxy) is 1. The van der Waals surface area contributed by atoms with Gasteiger partial charge in [0.2, 0.25) is 0 Å². The molecule has 0 saturated heterocycles. The van der Waals surface area contributed by atoms with Gasteiger partial charge < -0.3 is 15.4 Å². The Balaban J connectivity index is 2.36. The van der Waals surface area contributed by atoms with Crippen LogP contribution >= 0.6 is 0 Å². The van der Waals surface area contributed by atoms with E-state index in [1.54, 1.807) is 32.3 Å². The minimum atomic E-state index is -0.524. The Kier molecular flexibility index (Phi) is 3.79. The molecule has 6 nitrogen and oxygen atoms in total. The molecule has 6 heteroatoms. The number of esters is 1. The Morgan fingerprint density at radius 2 is 2.32 bits per heavy atom. The lowest BCUT2D eigenvalue weighted by atomic mass is 9.98. The van der Waals surface area contributed by atoms with E-state index in [1.807, 2.05) is 6.07 Å². The van der Waals surface area contributed by atoms with Crippen molar-refractivity contribution in [3.05, 3.63) is 41.4 Å². The van der Waals surface area contributed by atoms with Crippen LogP contribution < -0.4 is 10.6 Å². The van der Waals surface area contributed by atoms with E-state index in [0.29, 0.717) is 5.57 Å². The molecule has 1 atom stereocenters. The lowest BCUT2D eigenvalue weighted by Gasteiger charge is -2.27. The molecule has 2 amide bonds. The van der Waals surface area contributed by atoms with Crippen LogP contribution in [0.1, 0.15) is 25.5 Å². The quantitative estimate of drug-likeness (QED) is 0.803. The van der Waals surface area contributed by atoms with Crippen molar-refractivity contribution in [3.8, 4) is 0 Å². The summed E-state index contributed by atoms with van der Waals surface area (Å²) < 4.78 is 4.93. The van der Waals surface area contributed by atoms with Crippen molar-refractivity contribution in [2.24, 2.45) is 0 Å². The van der Waals surface area contributed by atoms with Crippen molar-refractivity contribution >= 4 is 12.0 Å². The Morgan fingerprint density at radius 3 is 2.95 bits per heavy atom. The molecule has 1 unspecified atom stereocenters. The van der Waals surface area contributed by atoms with Crippen LogP contribution in [-0.4, -0.2) is 23.6 Å². The summed E-state index contributed by atoms with van der Waals surface area (Å²) in [5.41, 5.74) is 1.71. The van der Waals surface area contributed by atoms with Gasteiger partial charge in [0, 0.05) is 12.4 Å². The zero-order valence-electron chi connectivity index (χ0n) is 10.8. The number of pyridine rings is 1. The van der Waals surface area contributed by atoms with E-state index in [1.165, 1.54) is 0 Å². The lowest BCUT2D eigenvalue weighted by Crippen LogP contribution is -2.45. The van der Waals surface area contributed by atoms with Crippen LogP contribution in [0.15, 0.2) is 35.8 Å². The summed E-state index contributed by atoms with van der Waals surface area (Å²) in [5.74, 6) is -0.524. The number of amides is 2. The average molecular weight is 261 g/mol. The van der Waals surface area contributed by atoms with Gasteiger partial charge in [-0.3, -0.25) is 4.98 Å². The number of rotatable bonds is 3. The molecule has 0 bridgehead atoms. The van der Waals surface area contributed by atoms with Gasteiger partial charge in [-0.1, -0.05) is 6.07 Å². The maximum atomic E-state index is 11.8. The Labute approximate surface area is 110 Å². The van der Waals surface area contributed by atoms with Crippen molar-refractivity contribution in [3.63, 3.8) is 0 Å². The second-order valence-electron chi connectivity index (χ2n) is 4.10. The molecule has 1 aromatic heterocycles. The van der Waals surface area contributed by atoms with Crippen molar-refractivity contribution in [2.45, 2.75) is 19.9 Å². The smallest absolute Gasteiger partial charge is 0.354 e. The summed E-state index contributed by atoms with van der Waals surface area (Å²) in [5, 5.41) is 5.24. The summed E-state index contributed by atoms with van der Waals surface area (Å²) in [4.78, 5) is 27.4. The fourth-order valence-electron chi connectivity index (χ4n) is 1.93. The van der Waals surface area contributed by atoms with E-state index in [0.717, 1.165) is 5.56 Å². The minimum absolute atomic E-state index is 0.194. The summed E-state index contributed by atoms with van der Waals surface area (Å²) in [6.07, 6.45) is 3.31. The molecule has 0 spiro atoms. The highest BCUT2D eigenvalue weighted by molar-refractivity contribution is 5.96. The monoisotopic (exact) mass is 261 g/mol. The van der Waals surface area contributed by atoms with Gasteiger partial charge in [-0.25, -0.2) is 9.59 Å². The standard InChI is InChI=1S/C13H15N3O3/c1-3-19-12(17)11-8(2)10(15-13(18)16-11)9-5-4-6-14-7-9/h4-7,10H,3H2,1-2H3,(H2,15,16,18). The molecular weight excluding hydrogens is 246 g/mol. The van der Waals surface area contributed by atoms with Crippen molar-refractivity contribution in [2.75, 3.05) is 6.61 Å². The van der Waals surface area contributed by atoms with Gasteiger partial charge in [0.1, 0.15) is 5.70 Å². The first-order valence-electron chi connectivity index (χ1n) is 5.98. The first kappa shape index (κ1) is 13.1. The maximum absolute atomic E-state index is 11.8. The molecule has 0 radical (unpaired) electrons. The van der Waals surface area contributed by atoms with Crippen LogP contribution in [0.3, 0.4) is 0 Å². The third-order valence-corrected chi connectivity index (χ3v) is 2.84. The first-order chi connectivity index (χ1) is 9.13. The molecule has 100 valence electrons. The highest BCUT2D eigenvalue weighted by Gasteiger charge is 2.29. The molecule has 1 aromatic rings. The lowest BCUT2D eigenvalue weighted by molar-refractivity contribution is -0.139. The zero-order valence-corrected chi connectivity index (χ0v) is 10.8. The number of carbonyl (C=O) groups excluding carboxylic acids is 2. The number of hydrogen-bond acceptors (Lipinski definition) is 4. The van der Waals surface area contributed by atoms with Gasteiger partial charge in [0.15, 0.2) is 0 Å². The van der Waals surface area contributed by atoms with E-state index >= 15 is 0 Å². The third-order valence-electron chi connectivity index (χ3n) is 2.84. The molecule has 1 aliphatic heterocycles. The molecule has 2 heterocycles. The minimum Gasteiger partial charge on any atom is -0.461 e.